The van der Waals surface area contributed by atoms with Gasteiger partial charge in [0.15, 0.2) is 0 Å². The average molecular weight is 305 g/mol. The van der Waals surface area contributed by atoms with Gasteiger partial charge in [-0.2, -0.15) is 5.10 Å². The summed E-state index contributed by atoms with van der Waals surface area (Å²) in [7, 11) is 0. The molecule has 2 aliphatic rings. The highest BCUT2D eigenvalue weighted by Crippen LogP contribution is 2.37. The highest BCUT2D eigenvalue weighted by atomic mass is 16.6. The first kappa shape index (κ1) is 15.0. The molecule has 0 N–H and O–H groups in total. The van der Waals surface area contributed by atoms with Crippen molar-refractivity contribution in [1.29, 1.82) is 0 Å². The Morgan fingerprint density at radius 2 is 2.05 bits per heavy atom. The van der Waals surface area contributed by atoms with Crippen LogP contribution in [0, 0.1) is 5.92 Å². The van der Waals surface area contributed by atoms with Gasteiger partial charge in [-0.05, 0) is 39.5 Å². The number of nitrogens with zero attached hydrogens (tertiary/aromatic N) is 5. The van der Waals surface area contributed by atoms with Gasteiger partial charge in [0.2, 0.25) is 5.95 Å². The molecular formula is C15H23N5O2. The summed E-state index contributed by atoms with van der Waals surface area (Å²) in [5.74, 6) is 1.20. The van der Waals surface area contributed by atoms with Gasteiger partial charge < -0.3 is 14.5 Å². The molecule has 1 amide bonds. The molecule has 0 spiro atoms. The van der Waals surface area contributed by atoms with E-state index in [4.69, 9.17) is 4.74 Å². The second-order valence-corrected chi connectivity index (χ2v) is 6.97. The molecule has 1 saturated heterocycles. The van der Waals surface area contributed by atoms with E-state index in [0.29, 0.717) is 25.0 Å². The van der Waals surface area contributed by atoms with Gasteiger partial charge in [0.1, 0.15) is 5.60 Å². The van der Waals surface area contributed by atoms with Crippen molar-refractivity contribution in [2.24, 2.45) is 5.92 Å². The zero-order valence-electron chi connectivity index (χ0n) is 13.4. The topological polar surface area (TPSA) is 71.5 Å². The lowest BCUT2D eigenvalue weighted by Gasteiger charge is -2.41. The van der Waals surface area contributed by atoms with Gasteiger partial charge in [0.05, 0.1) is 18.4 Å². The van der Waals surface area contributed by atoms with Crippen LogP contribution < -0.4 is 4.90 Å². The smallest absolute Gasteiger partial charge is 0.410 e. The highest BCUT2D eigenvalue weighted by Gasteiger charge is 2.42. The molecule has 1 atom stereocenters. The van der Waals surface area contributed by atoms with Crippen LogP contribution in [0.25, 0.3) is 0 Å². The first-order chi connectivity index (χ1) is 10.4. The summed E-state index contributed by atoms with van der Waals surface area (Å²) < 4.78 is 5.55. The number of carbonyl (C=O) groups excluding carboxylic acids is 1. The standard InChI is InChI=1S/C15H23N5O2/c1-15(2,3)22-14(21)20-9-8-19(10-12(20)11-4-5-11)13-16-6-7-17-18-13/h6-7,11-12H,4-5,8-10H2,1-3H3/t12-/m1/s1. The molecule has 0 aromatic carbocycles. The lowest BCUT2D eigenvalue weighted by Crippen LogP contribution is -2.57. The minimum absolute atomic E-state index is 0.174. The molecule has 7 nitrogen and oxygen atoms in total. The number of carbonyl (C=O) groups is 1. The molecule has 22 heavy (non-hydrogen) atoms. The van der Waals surface area contributed by atoms with E-state index >= 15 is 0 Å². The monoisotopic (exact) mass is 305 g/mol. The number of aromatic nitrogens is 3. The zero-order chi connectivity index (χ0) is 15.7. The van der Waals surface area contributed by atoms with Crippen molar-refractivity contribution in [3.05, 3.63) is 12.4 Å². The third-order valence-corrected chi connectivity index (χ3v) is 3.97. The summed E-state index contributed by atoms with van der Waals surface area (Å²) in [6.45, 7) is 7.78. The van der Waals surface area contributed by atoms with E-state index in [2.05, 4.69) is 20.1 Å². The Bertz CT molecular complexity index is 526. The number of hydrogen-bond donors (Lipinski definition) is 0. The van der Waals surface area contributed by atoms with Gasteiger partial charge in [0.25, 0.3) is 0 Å². The minimum Gasteiger partial charge on any atom is -0.444 e. The Morgan fingerprint density at radius 1 is 1.27 bits per heavy atom. The molecule has 0 unspecified atom stereocenters. The van der Waals surface area contributed by atoms with Crippen LogP contribution in [0.4, 0.5) is 10.7 Å². The predicted molar refractivity (Wildman–Crippen MR) is 81.5 cm³/mol. The molecule has 1 aromatic heterocycles. The van der Waals surface area contributed by atoms with Crippen LogP contribution >= 0.6 is 0 Å². The van der Waals surface area contributed by atoms with Crippen molar-refractivity contribution >= 4 is 12.0 Å². The maximum Gasteiger partial charge on any atom is 0.410 e. The Morgan fingerprint density at radius 3 is 2.64 bits per heavy atom. The van der Waals surface area contributed by atoms with E-state index in [1.54, 1.807) is 12.4 Å². The number of piperazine rings is 1. The second kappa shape index (κ2) is 5.70. The molecule has 3 rings (SSSR count). The van der Waals surface area contributed by atoms with Gasteiger partial charge in [-0.3, -0.25) is 0 Å². The van der Waals surface area contributed by atoms with Crippen LogP contribution in [0.3, 0.4) is 0 Å². The Labute approximate surface area is 130 Å². The van der Waals surface area contributed by atoms with Gasteiger partial charge in [-0.1, -0.05) is 0 Å². The fraction of sp³-hybridized carbons (Fsp3) is 0.733. The Balaban J connectivity index is 1.71. The largest absolute Gasteiger partial charge is 0.444 e. The lowest BCUT2D eigenvalue weighted by molar-refractivity contribution is 0.0115. The van der Waals surface area contributed by atoms with Crippen molar-refractivity contribution in [2.75, 3.05) is 24.5 Å². The number of rotatable bonds is 2. The summed E-state index contributed by atoms with van der Waals surface area (Å²) >= 11 is 0. The first-order valence-corrected chi connectivity index (χ1v) is 7.82. The fourth-order valence-electron chi connectivity index (χ4n) is 2.81. The van der Waals surface area contributed by atoms with Crippen LogP contribution in [-0.2, 0) is 4.74 Å². The Hall–Kier alpha value is -1.92. The first-order valence-electron chi connectivity index (χ1n) is 7.82. The predicted octanol–water partition coefficient (Wildman–Crippen LogP) is 1.71. The molecule has 7 heteroatoms. The normalized spacial score (nSPS) is 22.6. The summed E-state index contributed by atoms with van der Waals surface area (Å²) in [6.07, 6.45) is 5.35. The molecule has 120 valence electrons. The SMILES string of the molecule is CC(C)(C)OC(=O)N1CCN(c2nccnn2)C[C@@H]1C1CC1. The average Bonchev–Trinajstić information content (AvgIpc) is 3.30. The number of amides is 1. The molecule has 1 saturated carbocycles. The van der Waals surface area contributed by atoms with E-state index in [9.17, 15) is 4.79 Å². The van der Waals surface area contributed by atoms with Crippen LogP contribution in [0.2, 0.25) is 0 Å². The number of anilines is 1. The molecule has 2 heterocycles. The molecule has 1 aliphatic heterocycles. The van der Waals surface area contributed by atoms with Crippen LogP contribution in [0.1, 0.15) is 33.6 Å². The maximum absolute atomic E-state index is 12.4. The third kappa shape index (κ3) is 3.45. The van der Waals surface area contributed by atoms with E-state index in [0.717, 1.165) is 6.54 Å². The van der Waals surface area contributed by atoms with E-state index in [-0.39, 0.29) is 12.1 Å². The van der Waals surface area contributed by atoms with Crippen molar-refractivity contribution < 1.29 is 9.53 Å². The summed E-state index contributed by atoms with van der Waals surface area (Å²) in [6, 6.07) is 0.174. The van der Waals surface area contributed by atoms with Gasteiger partial charge in [-0.25, -0.2) is 9.78 Å². The van der Waals surface area contributed by atoms with Gasteiger partial charge >= 0.3 is 6.09 Å². The van der Waals surface area contributed by atoms with Crippen molar-refractivity contribution in [3.63, 3.8) is 0 Å². The van der Waals surface area contributed by atoms with E-state index in [1.807, 2.05) is 25.7 Å². The van der Waals surface area contributed by atoms with Crippen molar-refractivity contribution in [3.8, 4) is 0 Å². The summed E-state index contributed by atoms with van der Waals surface area (Å²) in [5.41, 5.74) is -0.464. The second-order valence-electron chi connectivity index (χ2n) is 6.97. The van der Waals surface area contributed by atoms with Crippen LogP contribution in [-0.4, -0.2) is 57.5 Å². The quantitative estimate of drug-likeness (QED) is 0.828. The highest BCUT2D eigenvalue weighted by molar-refractivity contribution is 5.69. The van der Waals surface area contributed by atoms with Gasteiger partial charge in [-0.15, -0.1) is 5.10 Å². The van der Waals surface area contributed by atoms with Crippen LogP contribution in [0.15, 0.2) is 12.4 Å². The third-order valence-electron chi connectivity index (χ3n) is 3.97. The molecule has 1 aromatic rings. The molecule has 0 radical (unpaired) electrons. The van der Waals surface area contributed by atoms with Crippen molar-refractivity contribution in [2.45, 2.75) is 45.3 Å². The maximum atomic E-state index is 12.4. The molecule has 0 bridgehead atoms. The van der Waals surface area contributed by atoms with Crippen molar-refractivity contribution in [1.82, 2.24) is 20.1 Å². The van der Waals surface area contributed by atoms with E-state index in [1.165, 1.54) is 12.8 Å². The Kier molecular flexibility index (Phi) is 3.88. The summed E-state index contributed by atoms with van der Waals surface area (Å²) in [5, 5.41) is 7.96. The zero-order valence-corrected chi connectivity index (χ0v) is 13.4. The molecule has 2 fully saturated rings. The lowest BCUT2D eigenvalue weighted by atomic mass is 10.1. The number of hydrogen-bond acceptors (Lipinski definition) is 6. The number of ether oxygens (including phenoxy) is 1. The minimum atomic E-state index is -0.464. The molecular weight excluding hydrogens is 282 g/mol. The van der Waals surface area contributed by atoms with E-state index < -0.39 is 5.60 Å². The molecule has 1 aliphatic carbocycles. The summed E-state index contributed by atoms with van der Waals surface area (Å²) in [4.78, 5) is 20.7. The van der Waals surface area contributed by atoms with Gasteiger partial charge in [0, 0.05) is 19.6 Å². The fourth-order valence-corrected chi connectivity index (χ4v) is 2.81. The van der Waals surface area contributed by atoms with Crippen LogP contribution in [0.5, 0.6) is 0 Å².